The molecule has 5 nitrogen and oxygen atoms in total. The van der Waals surface area contributed by atoms with Crippen molar-refractivity contribution in [2.45, 2.75) is 32.8 Å². The highest BCUT2D eigenvalue weighted by Crippen LogP contribution is 2.13. The van der Waals surface area contributed by atoms with Gasteiger partial charge in [-0.3, -0.25) is 4.79 Å². The first-order valence-electron chi connectivity index (χ1n) is 6.72. The Balaban J connectivity index is 2.49. The van der Waals surface area contributed by atoms with E-state index in [0.717, 1.165) is 12.0 Å². The Kier molecular flexibility index (Phi) is 7.02. The number of amidine groups is 1. The molecule has 1 aromatic rings. The number of hydrogen-bond donors (Lipinski definition) is 1. The van der Waals surface area contributed by atoms with Gasteiger partial charge in [0, 0.05) is 10.9 Å². The van der Waals surface area contributed by atoms with Gasteiger partial charge in [0.1, 0.15) is 11.9 Å². The fourth-order valence-corrected chi connectivity index (χ4v) is 1.80. The quantitative estimate of drug-likeness (QED) is 0.363. The van der Waals surface area contributed by atoms with Crippen LogP contribution in [0.15, 0.2) is 29.4 Å². The van der Waals surface area contributed by atoms with Crippen molar-refractivity contribution < 1.29 is 14.4 Å². The summed E-state index contributed by atoms with van der Waals surface area (Å²) in [5.74, 6) is 0.0728. The number of nitrogens with two attached hydrogens (primary N) is 1. The van der Waals surface area contributed by atoms with E-state index in [1.54, 1.807) is 6.92 Å². The topological polar surface area (TPSA) is 73.9 Å². The van der Waals surface area contributed by atoms with E-state index in [-0.39, 0.29) is 24.4 Å². The van der Waals surface area contributed by atoms with Gasteiger partial charge < -0.3 is 15.3 Å². The maximum absolute atomic E-state index is 11.1. The average Bonchev–Trinajstić information content (AvgIpc) is 2.46. The van der Waals surface area contributed by atoms with E-state index in [1.807, 2.05) is 31.2 Å². The minimum atomic E-state index is -0.376. The van der Waals surface area contributed by atoms with E-state index >= 15 is 0 Å². The van der Waals surface area contributed by atoms with Crippen molar-refractivity contribution in [3.05, 3.63) is 34.9 Å². The zero-order chi connectivity index (χ0) is 15.8. The summed E-state index contributed by atoms with van der Waals surface area (Å²) in [6, 6.07) is 7.58. The maximum Gasteiger partial charge on any atom is 0.309 e. The summed E-state index contributed by atoms with van der Waals surface area (Å²) < 4.78 is 4.55. The molecule has 0 radical (unpaired) electrons. The molecule has 21 heavy (non-hydrogen) atoms. The van der Waals surface area contributed by atoms with Crippen LogP contribution in [0.1, 0.15) is 25.8 Å². The molecule has 0 fully saturated rings. The minimum Gasteiger partial charge on any atom is -0.469 e. The van der Waals surface area contributed by atoms with Gasteiger partial charge >= 0.3 is 5.97 Å². The van der Waals surface area contributed by atoms with Crippen molar-refractivity contribution in [3.63, 3.8) is 0 Å². The minimum absolute atomic E-state index is 0.0245. The molecule has 2 atom stereocenters. The number of benzene rings is 1. The molecule has 0 amide bonds. The second kappa shape index (κ2) is 8.52. The molecular formula is C15H21ClN2O3. The lowest BCUT2D eigenvalue weighted by Crippen LogP contribution is -2.24. The highest BCUT2D eigenvalue weighted by molar-refractivity contribution is 6.30. The number of nitrogens with zero attached hydrogens (tertiary/aromatic N) is 1. The van der Waals surface area contributed by atoms with Gasteiger partial charge in [0.05, 0.1) is 13.5 Å². The van der Waals surface area contributed by atoms with Crippen LogP contribution in [0, 0.1) is 5.92 Å². The molecule has 0 aromatic heterocycles. The molecule has 0 aliphatic rings. The number of esters is 1. The van der Waals surface area contributed by atoms with Crippen molar-refractivity contribution in [2.75, 3.05) is 7.11 Å². The Hall–Kier alpha value is -1.75. The van der Waals surface area contributed by atoms with Crippen LogP contribution in [-0.2, 0) is 20.8 Å². The van der Waals surface area contributed by atoms with Crippen LogP contribution in [0.25, 0.3) is 0 Å². The predicted molar refractivity (Wildman–Crippen MR) is 83.1 cm³/mol. The predicted octanol–water partition coefficient (Wildman–Crippen LogP) is 2.76. The molecule has 0 saturated heterocycles. The molecule has 0 bridgehead atoms. The van der Waals surface area contributed by atoms with Crippen molar-refractivity contribution in [1.82, 2.24) is 0 Å². The van der Waals surface area contributed by atoms with Gasteiger partial charge in [0.2, 0.25) is 0 Å². The number of carbonyl (C=O) groups excluding carboxylic acids is 1. The molecule has 1 aromatic carbocycles. The summed E-state index contributed by atoms with van der Waals surface area (Å²) in [7, 11) is 1.33. The molecule has 2 N–H and O–H groups in total. The SMILES string of the molecule is COC(=O)C[C@H](C)O/N=C(\N)[C@@H](C)Cc1ccc(Cl)cc1. The Bertz CT molecular complexity index is 488. The molecule has 1 rings (SSSR count). The fraction of sp³-hybridized carbons (Fsp3) is 0.467. The van der Waals surface area contributed by atoms with Crippen LogP contribution < -0.4 is 5.73 Å². The number of halogens is 1. The lowest BCUT2D eigenvalue weighted by atomic mass is 10.0. The molecule has 0 aliphatic heterocycles. The van der Waals surface area contributed by atoms with E-state index < -0.39 is 0 Å². The number of carbonyl (C=O) groups is 1. The first-order valence-corrected chi connectivity index (χ1v) is 7.10. The lowest BCUT2D eigenvalue weighted by molar-refractivity contribution is -0.143. The summed E-state index contributed by atoms with van der Waals surface area (Å²) in [5, 5.41) is 4.59. The molecule has 0 aliphatic carbocycles. The zero-order valence-corrected chi connectivity index (χ0v) is 13.3. The number of hydrogen-bond acceptors (Lipinski definition) is 4. The van der Waals surface area contributed by atoms with Crippen molar-refractivity contribution in [2.24, 2.45) is 16.8 Å². The number of rotatable bonds is 7. The van der Waals surface area contributed by atoms with Crippen LogP contribution in [-0.4, -0.2) is 25.0 Å². The molecule has 0 saturated carbocycles. The Morgan fingerprint density at radius 3 is 2.52 bits per heavy atom. The van der Waals surface area contributed by atoms with E-state index in [0.29, 0.717) is 10.9 Å². The van der Waals surface area contributed by atoms with Gasteiger partial charge in [-0.25, -0.2) is 0 Å². The molecule has 0 heterocycles. The monoisotopic (exact) mass is 312 g/mol. The van der Waals surface area contributed by atoms with Crippen LogP contribution in [0.4, 0.5) is 0 Å². The molecule has 0 unspecified atom stereocenters. The standard InChI is InChI=1S/C15H21ClN2O3/c1-10(8-12-4-6-13(16)7-5-12)15(17)18-21-11(2)9-14(19)20-3/h4-7,10-11H,8-9H2,1-3H3,(H2,17,18)/t10-,11-/m0/s1. The number of methoxy groups -OCH3 is 1. The molecule has 116 valence electrons. The second-order valence-electron chi connectivity index (χ2n) is 4.94. The summed E-state index contributed by atoms with van der Waals surface area (Å²) in [4.78, 5) is 16.3. The molecule has 0 spiro atoms. The zero-order valence-electron chi connectivity index (χ0n) is 12.5. The highest BCUT2D eigenvalue weighted by atomic mass is 35.5. The van der Waals surface area contributed by atoms with Gasteiger partial charge in [0.15, 0.2) is 0 Å². The summed E-state index contributed by atoms with van der Waals surface area (Å²) in [5.41, 5.74) is 7.01. The van der Waals surface area contributed by atoms with Crippen molar-refractivity contribution >= 4 is 23.4 Å². The van der Waals surface area contributed by atoms with Gasteiger partial charge in [-0.2, -0.15) is 0 Å². The Morgan fingerprint density at radius 2 is 1.95 bits per heavy atom. The molecular weight excluding hydrogens is 292 g/mol. The third-order valence-electron chi connectivity index (χ3n) is 2.98. The highest BCUT2D eigenvalue weighted by Gasteiger charge is 2.12. The van der Waals surface area contributed by atoms with Crippen LogP contribution in [0.3, 0.4) is 0 Å². The van der Waals surface area contributed by atoms with Gasteiger partial charge in [-0.05, 0) is 31.0 Å². The number of oxime groups is 1. The van der Waals surface area contributed by atoms with E-state index in [1.165, 1.54) is 7.11 Å². The number of ether oxygens (including phenoxy) is 1. The first kappa shape index (κ1) is 17.3. The molecule has 6 heteroatoms. The summed E-state index contributed by atoms with van der Waals surface area (Å²) in [6.07, 6.45) is 0.499. The smallest absolute Gasteiger partial charge is 0.309 e. The average molecular weight is 313 g/mol. The van der Waals surface area contributed by atoms with E-state index in [9.17, 15) is 4.79 Å². The van der Waals surface area contributed by atoms with Crippen molar-refractivity contribution in [3.8, 4) is 0 Å². The maximum atomic E-state index is 11.1. The van der Waals surface area contributed by atoms with Gasteiger partial charge in [-0.15, -0.1) is 0 Å². The van der Waals surface area contributed by atoms with E-state index in [4.69, 9.17) is 22.2 Å². The first-order chi connectivity index (χ1) is 9.92. The van der Waals surface area contributed by atoms with Crippen LogP contribution in [0.2, 0.25) is 5.02 Å². The summed E-state index contributed by atoms with van der Waals surface area (Å²) >= 11 is 5.84. The van der Waals surface area contributed by atoms with Gasteiger partial charge in [-0.1, -0.05) is 35.8 Å². The fourth-order valence-electron chi connectivity index (χ4n) is 1.67. The summed E-state index contributed by atoms with van der Waals surface area (Å²) in [6.45, 7) is 3.69. The largest absolute Gasteiger partial charge is 0.469 e. The van der Waals surface area contributed by atoms with Crippen molar-refractivity contribution in [1.29, 1.82) is 0 Å². The van der Waals surface area contributed by atoms with Crippen LogP contribution in [0.5, 0.6) is 0 Å². The second-order valence-corrected chi connectivity index (χ2v) is 5.38. The third-order valence-corrected chi connectivity index (χ3v) is 3.23. The van der Waals surface area contributed by atoms with Gasteiger partial charge in [0.25, 0.3) is 0 Å². The van der Waals surface area contributed by atoms with Crippen LogP contribution >= 0.6 is 11.6 Å². The lowest BCUT2D eigenvalue weighted by Gasteiger charge is -2.13. The third kappa shape index (κ3) is 6.49. The van der Waals surface area contributed by atoms with E-state index in [2.05, 4.69) is 9.89 Å². The normalized spacial score (nSPS) is 14.4. The Labute approximate surface area is 130 Å². The Morgan fingerprint density at radius 1 is 1.33 bits per heavy atom.